The van der Waals surface area contributed by atoms with E-state index in [0.29, 0.717) is 10.0 Å². The van der Waals surface area contributed by atoms with Gasteiger partial charge in [0.1, 0.15) is 13.7 Å². The Balaban J connectivity index is 2.07. The van der Waals surface area contributed by atoms with Crippen molar-refractivity contribution in [3.63, 3.8) is 0 Å². The first-order valence-electron chi connectivity index (χ1n) is 8.56. The molecule has 0 spiro atoms. The van der Waals surface area contributed by atoms with Crippen LogP contribution in [0.4, 0.5) is 4.39 Å². The molecule has 0 saturated carbocycles. The second-order valence-electron chi connectivity index (χ2n) is 5.88. The van der Waals surface area contributed by atoms with Crippen LogP contribution in [0, 0.1) is 0 Å². The third-order valence-corrected chi connectivity index (χ3v) is 5.04. The molecule has 3 atom stereocenters. The Morgan fingerprint density at radius 1 is 1.03 bits per heavy atom. The molecule has 0 aliphatic rings. The number of ether oxygens (including phenoxy) is 2. The number of benzene rings is 2. The van der Waals surface area contributed by atoms with Crippen molar-refractivity contribution in [2.45, 2.75) is 17.1 Å². The number of carbonyl (C=O) groups is 2. The Kier molecular flexibility index (Phi) is 9.55. The molecule has 0 fully saturated rings. The van der Waals surface area contributed by atoms with Gasteiger partial charge in [-0.1, -0.05) is 44.3 Å². The second kappa shape index (κ2) is 11.9. The molecule has 6 nitrogen and oxygen atoms in total. The zero-order valence-electron chi connectivity index (χ0n) is 15.6. The van der Waals surface area contributed by atoms with Crippen molar-refractivity contribution in [1.29, 1.82) is 0 Å². The standard InChI is InChI=1S/C20H17BrCl2FNO5/c1-28-25-10-17(24)18(30-20(27)13-4-8-15(23)9-5-13)16(21)11-29-19(26)12-2-6-14(22)7-3-12/h2-10,16-18H,11H2,1H3/t16-,17+,18+/m0/s1. The van der Waals surface area contributed by atoms with Gasteiger partial charge in [0.2, 0.25) is 0 Å². The number of hydrogen-bond acceptors (Lipinski definition) is 6. The van der Waals surface area contributed by atoms with Gasteiger partial charge in [-0.15, -0.1) is 0 Å². The van der Waals surface area contributed by atoms with E-state index in [0.717, 1.165) is 6.21 Å². The molecule has 30 heavy (non-hydrogen) atoms. The minimum absolute atomic E-state index is 0.179. The van der Waals surface area contributed by atoms with Crippen molar-refractivity contribution >= 4 is 57.3 Å². The topological polar surface area (TPSA) is 74.2 Å². The highest BCUT2D eigenvalue weighted by Gasteiger charge is 2.32. The van der Waals surface area contributed by atoms with Crippen LogP contribution >= 0.6 is 39.1 Å². The largest absolute Gasteiger partial charge is 0.461 e. The maximum Gasteiger partial charge on any atom is 0.338 e. The summed E-state index contributed by atoms with van der Waals surface area (Å²) in [6.45, 7) is -0.277. The lowest BCUT2D eigenvalue weighted by atomic mass is 10.1. The molecule has 0 radical (unpaired) electrons. The van der Waals surface area contributed by atoms with Crippen LogP contribution in [-0.4, -0.2) is 49.0 Å². The van der Waals surface area contributed by atoms with E-state index in [1.165, 1.54) is 43.5 Å². The van der Waals surface area contributed by atoms with Gasteiger partial charge >= 0.3 is 11.9 Å². The Morgan fingerprint density at radius 3 is 2.03 bits per heavy atom. The predicted octanol–water partition coefficient (Wildman–Crippen LogP) is 5.11. The van der Waals surface area contributed by atoms with E-state index in [9.17, 15) is 14.0 Å². The monoisotopic (exact) mass is 519 g/mol. The van der Waals surface area contributed by atoms with Crippen molar-refractivity contribution in [2.24, 2.45) is 5.16 Å². The van der Waals surface area contributed by atoms with Crippen molar-refractivity contribution in [2.75, 3.05) is 13.7 Å². The Morgan fingerprint density at radius 2 is 1.53 bits per heavy atom. The fraction of sp³-hybridized carbons (Fsp3) is 0.250. The van der Waals surface area contributed by atoms with Crippen molar-refractivity contribution in [1.82, 2.24) is 0 Å². The van der Waals surface area contributed by atoms with Crippen LogP contribution in [0.1, 0.15) is 20.7 Å². The molecule has 160 valence electrons. The zero-order valence-corrected chi connectivity index (χ0v) is 18.7. The third-order valence-electron chi connectivity index (χ3n) is 3.76. The zero-order chi connectivity index (χ0) is 22.1. The van der Waals surface area contributed by atoms with Crippen LogP contribution in [0.2, 0.25) is 10.0 Å². The SMILES string of the molecule is CON=C[C@@H](F)[C@H](OC(=O)c1ccc(Cl)cc1)[C@@H](Br)COC(=O)c1ccc(Cl)cc1. The summed E-state index contributed by atoms with van der Waals surface area (Å²) in [6, 6.07) is 12.0. The lowest BCUT2D eigenvalue weighted by Crippen LogP contribution is -2.39. The molecule has 0 unspecified atom stereocenters. The lowest BCUT2D eigenvalue weighted by Gasteiger charge is -2.24. The minimum Gasteiger partial charge on any atom is -0.461 e. The second-order valence-corrected chi connectivity index (χ2v) is 7.93. The maximum absolute atomic E-state index is 14.6. The molecule has 0 bridgehead atoms. The van der Waals surface area contributed by atoms with Crippen molar-refractivity contribution in [3.05, 3.63) is 69.7 Å². The Bertz CT molecular complexity index is 880. The van der Waals surface area contributed by atoms with Gasteiger partial charge in [-0.25, -0.2) is 14.0 Å². The maximum atomic E-state index is 14.6. The number of esters is 2. The predicted molar refractivity (Wildman–Crippen MR) is 116 cm³/mol. The first kappa shape index (κ1) is 24.1. The van der Waals surface area contributed by atoms with Gasteiger partial charge in [-0.05, 0) is 48.5 Å². The molecular formula is C20H17BrCl2FNO5. The van der Waals surface area contributed by atoms with Crippen LogP contribution in [-0.2, 0) is 14.3 Å². The summed E-state index contributed by atoms with van der Waals surface area (Å²) in [6.07, 6.45) is -2.35. The number of alkyl halides is 2. The number of oxime groups is 1. The molecule has 2 aromatic carbocycles. The lowest BCUT2D eigenvalue weighted by molar-refractivity contribution is 0.00846. The summed E-state index contributed by atoms with van der Waals surface area (Å²) in [5.41, 5.74) is 0.449. The molecule has 0 aromatic heterocycles. The van der Waals surface area contributed by atoms with E-state index in [2.05, 4.69) is 25.9 Å². The van der Waals surface area contributed by atoms with E-state index in [4.69, 9.17) is 32.7 Å². The molecule has 0 N–H and O–H groups in total. The summed E-state index contributed by atoms with van der Waals surface area (Å²) >= 11 is 14.8. The number of carbonyl (C=O) groups excluding carboxylic acids is 2. The average molecular weight is 521 g/mol. The number of nitrogens with zero attached hydrogens (tertiary/aromatic N) is 1. The van der Waals surface area contributed by atoms with Gasteiger partial charge in [0, 0.05) is 10.0 Å². The van der Waals surface area contributed by atoms with Crippen LogP contribution in [0.25, 0.3) is 0 Å². The van der Waals surface area contributed by atoms with Crippen LogP contribution in [0.15, 0.2) is 53.7 Å². The third kappa shape index (κ3) is 7.27. The van der Waals surface area contributed by atoms with E-state index >= 15 is 0 Å². The van der Waals surface area contributed by atoms with Gasteiger partial charge in [0.15, 0.2) is 12.3 Å². The number of hydrogen-bond donors (Lipinski definition) is 0. The number of rotatable bonds is 9. The smallest absolute Gasteiger partial charge is 0.338 e. The number of halogens is 4. The fourth-order valence-electron chi connectivity index (χ4n) is 2.24. The van der Waals surface area contributed by atoms with E-state index in [1.807, 2.05) is 0 Å². The van der Waals surface area contributed by atoms with Gasteiger partial charge in [-0.3, -0.25) is 0 Å². The average Bonchev–Trinajstić information content (AvgIpc) is 2.74. The first-order chi connectivity index (χ1) is 14.3. The van der Waals surface area contributed by atoms with E-state index < -0.39 is 29.0 Å². The summed E-state index contributed by atoms with van der Waals surface area (Å²) < 4.78 is 25.1. The summed E-state index contributed by atoms with van der Waals surface area (Å²) in [5, 5.41) is 4.27. The quantitative estimate of drug-likeness (QED) is 0.199. The molecule has 2 aromatic rings. The van der Waals surface area contributed by atoms with Gasteiger partial charge in [0.25, 0.3) is 0 Å². The van der Waals surface area contributed by atoms with E-state index in [-0.39, 0.29) is 17.7 Å². The van der Waals surface area contributed by atoms with Crippen molar-refractivity contribution < 1.29 is 28.3 Å². The van der Waals surface area contributed by atoms with Gasteiger partial charge < -0.3 is 14.3 Å². The summed E-state index contributed by atoms with van der Waals surface area (Å²) in [7, 11) is 1.25. The van der Waals surface area contributed by atoms with E-state index in [1.54, 1.807) is 12.1 Å². The minimum atomic E-state index is -1.83. The Hall–Kier alpha value is -2.16. The van der Waals surface area contributed by atoms with Crippen LogP contribution in [0.5, 0.6) is 0 Å². The van der Waals surface area contributed by atoms with Crippen LogP contribution in [0.3, 0.4) is 0 Å². The van der Waals surface area contributed by atoms with Gasteiger partial charge in [-0.2, -0.15) is 0 Å². The fourth-order valence-corrected chi connectivity index (χ4v) is 3.02. The van der Waals surface area contributed by atoms with Crippen LogP contribution < -0.4 is 0 Å². The molecular weight excluding hydrogens is 504 g/mol. The summed E-state index contributed by atoms with van der Waals surface area (Å²) in [5.74, 6) is -1.42. The highest BCUT2D eigenvalue weighted by Crippen LogP contribution is 2.20. The molecule has 0 aliphatic carbocycles. The molecule has 2 rings (SSSR count). The van der Waals surface area contributed by atoms with Crippen molar-refractivity contribution in [3.8, 4) is 0 Å². The molecule has 10 heteroatoms. The summed E-state index contributed by atoms with van der Waals surface area (Å²) in [4.78, 5) is 28.1. The highest BCUT2D eigenvalue weighted by molar-refractivity contribution is 9.09. The van der Waals surface area contributed by atoms with Gasteiger partial charge in [0.05, 0.1) is 22.2 Å². The highest BCUT2D eigenvalue weighted by atomic mass is 79.9. The first-order valence-corrected chi connectivity index (χ1v) is 10.2. The molecule has 0 aliphatic heterocycles. The normalized spacial score (nSPS) is 14.0. The molecule has 0 saturated heterocycles. The molecule has 0 amide bonds. The molecule has 0 heterocycles. The Labute approximate surface area is 191 Å².